The van der Waals surface area contributed by atoms with Crippen LogP contribution in [-0.4, -0.2) is 6.04 Å². The molecule has 0 fully saturated rings. The van der Waals surface area contributed by atoms with Gasteiger partial charge < -0.3 is 9.80 Å². The maximum Gasteiger partial charge on any atom is 0.0634 e. The van der Waals surface area contributed by atoms with Gasteiger partial charge in [0.25, 0.3) is 0 Å². The first-order valence-electron chi connectivity index (χ1n) is 20.8. The standard InChI is InChI=1S/C57H44N2/c1-57(2)51-29-14-12-26-47(51)48-34-32-45(38-52(48)57)58(44-33-35-54-50(37-44)49-27-13-15-30-53(49)59(54)43-24-10-5-11-25-43)55-31-17-28-46(40-20-8-4-9-21-40)56(55)42-23-16-22-41(36-42)39-18-6-3-7-19-39/h3-34,36-38,54H,35H2,1-2H3. The SMILES string of the molecule is CC1(C)c2ccccc2-c2ccc(N(C3=CCC4C(=C3)c3ccccc3N4c3ccccc3)c3cccc(-c4ccccc4)c3-c3cccc(-c4ccccc4)c3)cc21. The predicted molar refractivity (Wildman–Crippen MR) is 248 cm³/mol. The van der Waals surface area contributed by atoms with E-state index in [1.807, 2.05) is 0 Å². The molecule has 0 bridgehead atoms. The molecule has 8 aromatic carbocycles. The molecular formula is C57H44N2. The number of benzene rings is 8. The van der Waals surface area contributed by atoms with E-state index in [-0.39, 0.29) is 11.5 Å². The van der Waals surface area contributed by atoms with Crippen LogP contribution in [0.5, 0.6) is 0 Å². The Morgan fingerprint density at radius 2 is 1.10 bits per heavy atom. The fourth-order valence-corrected chi connectivity index (χ4v) is 9.97. The largest absolute Gasteiger partial charge is 0.333 e. The van der Waals surface area contributed by atoms with Crippen LogP contribution in [0.25, 0.3) is 50.1 Å². The molecule has 0 aromatic heterocycles. The van der Waals surface area contributed by atoms with Gasteiger partial charge >= 0.3 is 0 Å². The predicted octanol–water partition coefficient (Wildman–Crippen LogP) is 15.0. The van der Waals surface area contributed by atoms with Crippen molar-refractivity contribution in [1.29, 1.82) is 0 Å². The molecule has 0 N–H and O–H groups in total. The summed E-state index contributed by atoms with van der Waals surface area (Å²) < 4.78 is 0. The summed E-state index contributed by atoms with van der Waals surface area (Å²) in [5, 5.41) is 0. The van der Waals surface area contributed by atoms with Gasteiger partial charge in [-0.3, -0.25) is 0 Å². The van der Waals surface area contributed by atoms with Crippen molar-refractivity contribution in [3.8, 4) is 44.5 Å². The van der Waals surface area contributed by atoms with E-state index in [1.165, 1.54) is 83.8 Å². The quantitative estimate of drug-likeness (QED) is 0.160. The number of hydrogen-bond acceptors (Lipinski definition) is 2. The molecule has 282 valence electrons. The van der Waals surface area contributed by atoms with Gasteiger partial charge in [-0.25, -0.2) is 0 Å². The number of allylic oxidation sites excluding steroid dienone is 1. The lowest BCUT2D eigenvalue weighted by atomic mass is 9.82. The molecule has 1 atom stereocenters. The highest BCUT2D eigenvalue weighted by Crippen LogP contribution is 2.53. The highest BCUT2D eigenvalue weighted by molar-refractivity contribution is 5.99. The van der Waals surface area contributed by atoms with Crippen molar-refractivity contribution in [3.05, 3.63) is 235 Å². The third kappa shape index (κ3) is 5.78. The molecule has 2 aliphatic carbocycles. The summed E-state index contributed by atoms with van der Waals surface area (Å²) in [6, 6.07) is 73.7. The molecule has 3 aliphatic rings. The van der Waals surface area contributed by atoms with Gasteiger partial charge in [0.05, 0.1) is 11.7 Å². The molecule has 1 aliphatic heterocycles. The molecule has 8 aromatic rings. The summed E-state index contributed by atoms with van der Waals surface area (Å²) in [5.74, 6) is 0. The van der Waals surface area contributed by atoms with Crippen LogP contribution in [0.3, 0.4) is 0 Å². The monoisotopic (exact) mass is 756 g/mol. The summed E-state index contributed by atoms with van der Waals surface area (Å²) >= 11 is 0. The molecular weight excluding hydrogens is 713 g/mol. The van der Waals surface area contributed by atoms with E-state index >= 15 is 0 Å². The van der Waals surface area contributed by atoms with E-state index in [2.05, 4.69) is 236 Å². The third-order valence-corrected chi connectivity index (χ3v) is 12.7. The topological polar surface area (TPSA) is 6.48 Å². The molecule has 1 heterocycles. The van der Waals surface area contributed by atoms with E-state index in [1.54, 1.807) is 0 Å². The Bertz CT molecular complexity index is 2940. The van der Waals surface area contributed by atoms with Gasteiger partial charge in [0.2, 0.25) is 0 Å². The maximum absolute atomic E-state index is 2.55. The molecule has 0 spiro atoms. The Morgan fingerprint density at radius 3 is 1.90 bits per heavy atom. The Kier molecular flexibility index (Phi) is 8.34. The second-order valence-electron chi connectivity index (χ2n) is 16.5. The zero-order valence-corrected chi connectivity index (χ0v) is 33.4. The number of fused-ring (bicyclic) bond motifs is 6. The van der Waals surface area contributed by atoms with Crippen molar-refractivity contribution in [2.45, 2.75) is 31.7 Å². The highest BCUT2D eigenvalue weighted by Gasteiger charge is 2.39. The molecule has 59 heavy (non-hydrogen) atoms. The lowest BCUT2D eigenvalue weighted by molar-refractivity contribution is 0.660. The normalized spacial score (nSPS) is 15.7. The van der Waals surface area contributed by atoms with E-state index in [0.717, 1.165) is 17.8 Å². The molecule has 0 radical (unpaired) electrons. The molecule has 0 amide bonds. The second kappa shape index (κ2) is 14.0. The molecule has 11 rings (SSSR count). The van der Waals surface area contributed by atoms with Crippen LogP contribution in [0.1, 0.15) is 37.0 Å². The minimum absolute atomic E-state index is 0.141. The minimum Gasteiger partial charge on any atom is -0.333 e. The first-order valence-corrected chi connectivity index (χ1v) is 20.8. The van der Waals surface area contributed by atoms with Gasteiger partial charge in [0, 0.05) is 39.3 Å². The van der Waals surface area contributed by atoms with Crippen molar-refractivity contribution >= 4 is 28.3 Å². The van der Waals surface area contributed by atoms with Crippen LogP contribution in [0.15, 0.2) is 218 Å². The summed E-state index contributed by atoms with van der Waals surface area (Å²) in [4.78, 5) is 5.08. The van der Waals surface area contributed by atoms with Gasteiger partial charge in [-0.15, -0.1) is 0 Å². The summed E-state index contributed by atoms with van der Waals surface area (Å²) in [6.45, 7) is 4.75. The summed E-state index contributed by atoms with van der Waals surface area (Å²) in [6.07, 6.45) is 5.82. The molecule has 0 saturated carbocycles. The lowest BCUT2D eigenvalue weighted by Crippen LogP contribution is -2.29. The highest BCUT2D eigenvalue weighted by atomic mass is 15.2. The maximum atomic E-state index is 2.55. The minimum atomic E-state index is -0.141. The Hall–Kier alpha value is -7.16. The van der Waals surface area contributed by atoms with Crippen LogP contribution in [0.4, 0.5) is 22.7 Å². The van der Waals surface area contributed by atoms with Crippen LogP contribution in [-0.2, 0) is 5.41 Å². The van der Waals surface area contributed by atoms with Crippen molar-refractivity contribution in [3.63, 3.8) is 0 Å². The van der Waals surface area contributed by atoms with E-state index in [9.17, 15) is 0 Å². The fraction of sp³-hybridized carbons (Fsp3) is 0.0877. The van der Waals surface area contributed by atoms with Crippen LogP contribution >= 0.6 is 0 Å². The van der Waals surface area contributed by atoms with Crippen molar-refractivity contribution in [2.24, 2.45) is 0 Å². The molecule has 2 nitrogen and oxygen atoms in total. The number of anilines is 4. The molecule has 0 saturated heterocycles. The van der Waals surface area contributed by atoms with Gasteiger partial charge in [0.1, 0.15) is 0 Å². The third-order valence-electron chi connectivity index (χ3n) is 12.7. The first-order chi connectivity index (χ1) is 29.0. The van der Waals surface area contributed by atoms with Crippen molar-refractivity contribution in [1.82, 2.24) is 0 Å². The van der Waals surface area contributed by atoms with E-state index < -0.39 is 0 Å². The smallest absolute Gasteiger partial charge is 0.0634 e. The van der Waals surface area contributed by atoms with Gasteiger partial charge in [-0.05, 0) is 111 Å². The van der Waals surface area contributed by atoms with Crippen molar-refractivity contribution in [2.75, 3.05) is 9.80 Å². The van der Waals surface area contributed by atoms with Crippen LogP contribution in [0.2, 0.25) is 0 Å². The summed E-state index contributed by atoms with van der Waals surface area (Å²) in [7, 11) is 0. The average molecular weight is 757 g/mol. The van der Waals surface area contributed by atoms with Crippen molar-refractivity contribution < 1.29 is 0 Å². The average Bonchev–Trinajstić information content (AvgIpc) is 3.75. The van der Waals surface area contributed by atoms with Crippen LogP contribution in [0, 0.1) is 0 Å². The van der Waals surface area contributed by atoms with Gasteiger partial charge in [-0.1, -0.05) is 178 Å². The second-order valence-corrected chi connectivity index (χ2v) is 16.5. The Morgan fingerprint density at radius 1 is 0.492 bits per heavy atom. The van der Waals surface area contributed by atoms with Crippen LogP contribution < -0.4 is 9.80 Å². The molecule has 1 unspecified atom stereocenters. The van der Waals surface area contributed by atoms with E-state index in [4.69, 9.17) is 0 Å². The number of hydrogen-bond donors (Lipinski definition) is 0. The van der Waals surface area contributed by atoms with E-state index in [0.29, 0.717) is 0 Å². The number of para-hydroxylation sites is 2. The fourth-order valence-electron chi connectivity index (χ4n) is 9.97. The lowest BCUT2D eigenvalue weighted by Gasteiger charge is -2.35. The molecule has 2 heteroatoms. The first kappa shape index (κ1) is 35.0. The zero-order valence-electron chi connectivity index (χ0n) is 33.4. The number of rotatable bonds is 7. The number of nitrogens with zero attached hydrogens (tertiary/aromatic N) is 2. The Labute approximate surface area is 347 Å². The summed E-state index contributed by atoms with van der Waals surface area (Å²) in [5.41, 5.74) is 21.1. The van der Waals surface area contributed by atoms with Gasteiger partial charge in [0.15, 0.2) is 0 Å². The zero-order chi connectivity index (χ0) is 39.5. The van der Waals surface area contributed by atoms with Gasteiger partial charge in [-0.2, -0.15) is 0 Å². The Balaban J connectivity index is 1.15.